The number of carbonyl (C=O) groups excluding carboxylic acids is 1. The average molecular weight is 511 g/mol. The molecule has 2 aromatic carbocycles. The molecule has 5 nitrogen and oxygen atoms in total. The molecule has 3 rings (SSSR count). The van der Waals surface area contributed by atoms with Crippen molar-refractivity contribution >= 4 is 21.7 Å². The first-order valence-electron chi connectivity index (χ1n) is 11.4. The van der Waals surface area contributed by atoms with Crippen LogP contribution in [0.3, 0.4) is 0 Å². The van der Waals surface area contributed by atoms with Crippen molar-refractivity contribution in [1.82, 2.24) is 0 Å². The number of allylic oxidation sites excluding steroid dienone is 1. The molecule has 2 aromatic rings. The van der Waals surface area contributed by atoms with Gasteiger partial charge >= 0.3 is 6.18 Å². The quantitative estimate of drug-likeness (QED) is 0.401. The molecule has 0 saturated heterocycles. The highest BCUT2D eigenvalue weighted by Gasteiger charge is 2.35. The molecule has 1 fully saturated rings. The van der Waals surface area contributed by atoms with Crippen molar-refractivity contribution in [2.24, 2.45) is 5.92 Å². The number of alkyl halides is 3. The Morgan fingerprint density at radius 2 is 1.63 bits per heavy atom. The minimum Gasteiger partial charge on any atom is -0.493 e. The zero-order valence-electron chi connectivity index (χ0n) is 19.8. The maximum Gasteiger partial charge on any atom is 0.416 e. The number of hydrogen-bond donors (Lipinski definition) is 0. The van der Waals surface area contributed by atoms with Gasteiger partial charge in [0.05, 0.1) is 28.9 Å². The minimum atomic E-state index is -4.52. The number of methoxy groups -OCH3 is 1. The van der Waals surface area contributed by atoms with Crippen LogP contribution in [-0.4, -0.2) is 32.7 Å². The van der Waals surface area contributed by atoms with Gasteiger partial charge in [-0.25, -0.2) is 8.42 Å². The SMILES string of the molecule is COc1cc(/C=C/C(=O)C2CCC(S(=O)(=O)c3ccc(C(F)(F)F)cc3)CC2)ccc1OC(C)C. The van der Waals surface area contributed by atoms with Crippen molar-refractivity contribution in [2.75, 3.05) is 7.11 Å². The van der Waals surface area contributed by atoms with Crippen LogP contribution in [0.15, 0.2) is 53.4 Å². The smallest absolute Gasteiger partial charge is 0.416 e. The Labute approximate surface area is 203 Å². The molecule has 190 valence electrons. The second-order valence-electron chi connectivity index (χ2n) is 8.85. The predicted molar refractivity (Wildman–Crippen MR) is 127 cm³/mol. The molecule has 9 heteroatoms. The fourth-order valence-electron chi connectivity index (χ4n) is 4.14. The van der Waals surface area contributed by atoms with Crippen molar-refractivity contribution in [3.63, 3.8) is 0 Å². The van der Waals surface area contributed by atoms with E-state index in [1.54, 1.807) is 25.3 Å². The van der Waals surface area contributed by atoms with Crippen LogP contribution < -0.4 is 9.47 Å². The van der Waals surface area contributed by atoms with Crippen LogP contribution in [0.25, 0.3) is 6.08 Å². The summed E-state index contributed by atoms with van der Waals surface area (Å²) in [6, 6.07) is 8.94. The maximum atomic E-state index is 12.9. The van der Waals surface area contributed by atoms with Gasteiger partial charge in [-0.15, -0.1) is 0 Å². The summed E-state index contributed by atoms with van der Waals surface area (Å²) in [7, 11) is -2.23. The number of ketones is 1. The van der Waals surface area contributed by atoms with E-state index < -0.39 is 26.8 Å². The molecule has 1 saturated carbocycles. The van der Waals surface area contributed by atoms with Crippen LogP contribution in [0.5, 0.6) is 11.5 Å². The lowest BCUT2D eigenvalue weighted by Gasteiger charge is -2.27. The molecule has 0 aromatic heterocycles. The molecule has 35 heavy (non-hydrogen) atoms. The predicted octanol–water partition coefficient (Wildman–Crippen LogP) is 6.12. The number of benzene rings is 2. The van der Waals surface area contributed by atoms with Crippen molar-refractivity contribution in [2.45, 2.75) is 62.0 Å². The number of hydrogen-bond acceptors (Lipinski definition) is 5. The molecule has 0 amide bonds. The lowest BCUT2D eigenvalue weighted by molar-refractivity contribution is -0.137. The summed E-state index contributed by atoms with van der Waals surface area (Å²) in [6.45, 7) is 3.82. The number of carbonyl (C=O) groups is 1. The molecule has 1 aliphatic rings. The zero-order chi connectivity index (χ0) is 25.8. The van der Waals surface area contributed by atoms with E-state index in [9.17, 15) is 26.4 Å². The van der Waals surface area contributed by atoms with Gasteiger partial charge in [-0.2, -0.15) is 13.2 Å². The second-order valence-corrected chi connectivity index (χ2v) is 11.1. The molecular formula is C26H29F3O5S. The van der Waals surface area contributed by atoms with Gasteiger partial charge in [-0.1, -0.05) is 12.1 Å². The Balaban J connectivity index is 1.61. The molecule has 0 N–H and O–H groups in total. The van der Waals surface area contributed by atoms with E-state index in [-0.39, 0.29) is 35.5 Å². The van der Waals surface area contributed by atoms with Crippen LogP contribution in [0.4, 0.5) is 13.2 Å². The molecule has 0 radical (unpaired) electrons. The molecule has 0 heterocycles. The van der Waals surface area contributed by atoms with E-state index in [0.717, 1.165) is 29.8 Å². The van der Waals surface area contributed by atoms with Gasteiger partial charge in [0.25, 0.3) is 0 Å². The van der Waals surface area contributed by atoms with E-state index in [1.807, 2.05) is 19.9 Å². The number of ether oxygens (including phenoxy) is 2. The fourth-order valence-corrected chi connectivity index (χ4v) is 5.93. The summed E-state index contributed by atoms with van der Waals surface area (Å²) in [6.07, 6.45) is 0.0118. The van der Waals surface area contributed by atoms with Crippen LogP contribution in [0.2, 0.25) is 0 Å². The Morgan fingerprint density at radius 1 is 1.00 bits per heavy atom. The van der Waals surface area contributed by atoms with Gasteiger partial charge in [-0.05, 0) is 87.6 Å². The van der Waals surface area contributed by atoms with E-state index in [1.165, 1.54) is 6.08 Å². The van der Waals surface area contributed by atoms with Crippen LogP contribution >= 0.6 is 0 Å². The molecule has 0 aliphatic heterocycles. The van der Waals surface area contributed by atoms with Gasteiger partial charge in [-0.3, -0.25) is 4.79 Å². The first-order valence-corrected chi connectivity index (χ1v) is 12.9. The Bertz CT molecular complexity index is 1160. The minimum absolute atomic E-state index is 0.00920. The van der Waals surface area contributed by atoms with Crippen LogP contribution in [-0.2, 0) is 20.8 Å². The van der Waals surface area contributed by atoms with Gasteiger partial charge in [0.2, 0.25) is 0 Å². The summed E-state index contributed by atoms with van der Waals surface area (Å²) in [5.41, 5.74) is -0.123. The highest BCUT2D eigenvalue weighted by molar-refractivity contribution is 7.92. The van der Waals surface area contributed by atoms with Gasteiger partial charge < -0.3 is 9.47 Å². The standard InChI is InChI=1S/C26H29F3O5S/c1-17(2)34-24-15-5-18(16-25(24)33-3)4-14-23(30)19-6-10-21(11-7-19)35(31,32)22-12-8-20(9-13-22)26(27,28)29/h4-5,8-9,12-17,19,21H,6-7,10-11H2,1-3H3/b14-4+. The normalized spacial score (nSPS) is 19.2. The van der Waals surface area contributed by atoms with Crippen molar-refractivity contribution in [3.8, 4) is 11.5 Å². The Kier molecular flexibility index (Phi) is 8.30. The zero-order valence-corrected chi connectivity index (χ0v) is 20.7. The van der Waals surface area contributed by atoms with E-state index in [4.69, 9.17) is 9.47 Å². The summed E-state index contributed by atoms with van der Waals surface area (Å²) in [5, 5.41) is -0.718. The van der Waals surface area contributed by atoms with Crippen molar-refractivity contribution in [3.05, 3.63) is 59.7 Å². The van der Waals surface area contributed by atoms with E-state index >= 15 is 0 Å². The lowest BCUT2D eigenvalue weighted by atomic mass is 9.85. The third-order valence-corrected chi connectivity index (χ3v) is 8.29. The molecule has 0 spiro atoms. The topological polar surface area (TPSA) is 69.7 Å². The number of rotatable bonds is 8. The van der Waals surface area contributed by atoms with Gasteiger partial charge in [0.1, 0.15) is 0 Å². The van der Waals surface area contributed by atoms with Gasteiger partial charge in [0, 0.05) is 5.92 Å². The average Bonchev–Trinajstić information content (AvgIpc) is 2.82. The first-order chi connectivity index (χ1) is 16.4. The third-order valence-electron chi connectivity index (χ3n) is 6.02. The highest BCUT2D eigenvalue weighted by atomic mass is 32.2. The molecular weight excluding hydrogens is 481 g/mol. The Hall–Kier alpha value is -2.81. The molecule has 1 aliphatic carbocycles. The van der Waals surface area contributed by atoms with Crippen molar-refractivity contribution in [1.29, 1.82) is 0 Å². The van der Waals surface area contributed by atoms with Crippen LogP contribution in [0, 0.1) is 5.92 Å². The molecule has 0 atom stereocenters. The summed E-state index contributed by atoms with van der Waals surface area (Å²) >= 11 is 0. The van der Waals surface area contributed by atoms with E-state index in [2.05, 4.69) is 0 Å². The summed E-state index contributed by atoms with van der Waals surface area (Å²) in [4.78, 5) is 12.6. The monoisotopic (exact) mass is 510 g/mol. The summed E-state index contributed by atoms with van der Waals surface area (Å²) in [5.74, 6) is 0.786. The second kappa shape index (κ2) is 10.8. The molecule has 0 unspecified atom stereocenters. The Morgan fingerprint density at radius 3 is 2.17 bits per heavy atom. The maximum absolute atomic E-state index is 12.9. The summed E-state index contributed by atoms with van der Waals surface area (Å²) < 4.78 is 75.1. The highest BCUT2D eigenvalue weighted by Crippen LogP contribution is 2.35. The largest absolute Gasteiger partial charge is 0.493 e. The van der Waals surface area contributed by atoms with Crippen molar-refractivity contribution < 1.29 is 35.9 Å². The fraction of sp³-hybridized carbons (Fsp3) is 0.423. The first kappa shape index (κ1) is 26.8. The van der Waals surface area contributed by atoms with Gasteiger partial charge in [0.15, 0.2) is 27.1 Å². The third kappa shape index (κ3) is 6.66. The van der Waals surface area contributed by atoms with Crippen LogP contribution in [0.1, 0.15) is 50.7 Å². The number of sulfone groups is 1. The number of halogens is 3. The lowest BCUT2D eigenvalue weighted by Crippen LogP contribution is -2.29. The molecule has 0 bridgehead atoms. The van der Waals surface area contributed by atoms with E-state index in [0.29, 0.717) is 24.3 Å².